The number of hydrogen-bond acceptors (Lipinski definition) is 9. The number of ketones is 1. The van der Waals surface area contributed by atoms with Crippen molar-refractivity contribution in [3.8, 4) is 0 Å². The van der Waals surface area contributed by atoms with Gasteiger partial charge in [0.15, 0.2) is 0 Å². The van der Waals surface area contributed by atoms with E-state index in [-0.39, 0.29) is 23.8 Å². The van der Waals surface area contributed by atoms with Crippen LogP contribution >= 0.6 is 0 Å². The minimum atomic E-state index is -1.10. The van der Waals surface area contributed by atoms with Crippen LogP contribution in [-0.4, -0.2) is 49.0 Å². The zero-order valence-electron chi connectivity index (χ0n) is 19.7. The van der Waals surface area contributed by atoms with Gasteiger partial charge in [-0.1, -0.05) is 38.8 Å². The molecule has 1 aliphatic carbocycles. The van der Waals surface area contributed by atoms with E-state index in [0.717, 1.165) is 18.4 Å². The molecule has 2 heterocycles. The molecule has 1 unspecified atom stereocenters. The molecule has 1 fully saturated rings. The van der Waals surface area contributed by atoms with Gasteiger partial charge in [0, 0.05) is 6.04 Å². The summed E-state index contributed by atoms with van der Waals surface area (Å²) in [6.45, 7) is 3.86. The van der Waals surface area contributed by atoms with E-state index >= 15 is 0 Å². The average molecular weight is 483 g/mol. The van der Waals surface area contributed by atoms with Crippen molar-refractivity contribution in [1.29, 1.82) is 0 Å². The smallest absolute Gasteiger partial charge is 0.384 e. The van der Waals surface area contributed by atoms with Gasteiger partial charge >= 0.3 is 5.76 Å². The van der Waals surface area contributed by atoms with E-state index in [0.29, 0.717) is 30.5 Å². The van der Waals surface area contributed by atoms with E-state index < -0.39 is 29.7 Å². The van der Waals surface area contributed by atoms with Gasteiger partial charge in [-0.15, -0.1) is 5.10 Å². The first-order valence-electron chi connectivity index (χ1n) is 11.9. The molecule has 4 N–H and O–H groups in total. The molecule has 1 aromatic carbocycles. The summed E-state index contributed by atoms with van der Waals surface area (Å²) >= 11 is 0. The summed E-state index contributed by atoms with van der Waals surface area (Å²) in [5.41, 5.74) is 1.77. The molecule has 1 saturated carbocycles. The zero-order valence-corrected chi connectivity index (χ0v) is 19.7. The molecule has 4 rings (SSSR count). The topological polar surface area (TPSA) is 163 Å². The molecule has 11 nitrogen and oxygen atoms in total. The molecule has 2 aromatic heterocycles. The van der Waals surface area contributed by atoms with Gasteiger partial charge in [0.1, 0.15) is 11.9 Å². The average Bonchev–Trinajstić information content (AvgIpc) is 3.29. The summed E-state index contributed by atoms with van der Waals surface area (Å²) in [6.07, 6.45) is 3.85. The summed E-state index contributed by atoms with van der Waals surface area (Å²) in [6, 6.07) is 6.19. The van der Waals surface area contributed by atoms with Crippen LogP contribution in [0.4, 0.5) is 0 Å². The van der Waals surface area contributed by atoms with E-state index in [9.17, 15) is 19.5 Å². The van der Waals surface area contributed by atoms with E-state index in [4.69, 9.17) is 4.42 Å². The Morgan fingerprint density at radius 3 is 2.66 bits per heavy atom. The molecule has 4 atom stereocenters. The van der Waals surface area contributed by atoms with Gasteiger partial charge in [0.05, 0.1) is 29.2 Å². The standard InChI is InChI=1S/C24H30N6O5/c1-13(2)11-18(20(31)23-29-30-24(34)35-23)28-21(32)14-7-3-4-8-15(14)27-22(33)19-12-25-16-9-5-6-10-17(16)26-19/h5-6,9-10,12-15,18,22,27,33H,3-4,7-8,11H2,1-2H3,(H,28,32)(H,30,34)/t14-,15+,18+,22?/m1/s1. The summed E-state index contributed by atoms with van der Waals surface area (Å²) in [4.78, 5) is 46.3. The number of carbonyl (C=O) groups excluding carboxylic acids is 2. The summed E-state index contributed by atoms with van der Waals surface area (Å²) in [5, 5.41) is 22.5. The minimum Gasteiger partial charge on any atom is -0.384 e. The Morgan fingerprint density at radius 2 is 1.94 bits per heavy atom. The summed E-state index contributed by atoms with van der Waals surface area (Å²) < 4.78 is 4.81. The fourth-order valence-corrected chi connectivity index (χ4v) is 4.50. The first kappa shape index (κ1) is 24.7. The second-order valence-corrected chi connectivity index (χ2v) is 9.32. The monoisotopic (exact) mass is 482 g/mol. The molecule has 3 aromatic rings. The predicted octanol–water partition coefficient (Wildman–Crippen LogP) is 1.86. The highest BCUT2D eigenvalue weighted by Gasteiger charge is 2.35. The molecule has 1 aliphatic rings. The highest BCUT2D eigenvalue weighted by molar-refractivity contribution is 5.98. The van der Waals surface area contributed by atoms with Crippen molar-refractivity contribution in [1.82, 2.24) is 30.8 Å². The number of benzene rings is 1. The van der Waals surface area contributed by atoms with Crippen molar-refractivity contribution >= 4 is 22.7 Å². The van der Waals surface area contributed by atoms with Crippen molar-refractivity contribution in [2.24, 2.45) is 11.8 Å². The molecule has 0 aliphatic heterocycles. The number of aliphatic hydroxyl groups is 1. The third kappa shape index (κ3) is 5.98. The molecule has 0 radical (unpaired) electrons. The van der Waals surface area contributed by atoms with Gasteiger partial charge in [-0.3, -0.25) is 19.9 Å². The number of amides is 1. The number of fused-ring (bicyclic) bond motifs is 1. The normalized spacial score (nSPS) is 20.0. The van der Waals surface area contributed by atoms with E-state index in [1.54, 1.807) is 0 Å². The van der Waals surface area contributed by atoms with Gasteiger partial charge in [0.2, 0.25) is 11.7 Å². The van der Waals surface area contributed by atoms with Crippen LogP contribution in [0.5, 0.6) is 0 Å². The number of carbonyl (C=O) groups is 2. The van der Waals surface area contributed by atoms with Crippen LogP contribution in [0.1, 0.15) is 68.6 Å². The largest absolute Gasteiger partial charge is 0.434 e. The van der Waals surface area contributed by atoms with Crippen LogP contribution in [0, 0.1) is 11.8 Å². The van der Waals surface area contributed by atoms with Crippen molar-refractivity contribution < 1.29 is 19.1 Å². The lowest BCUT2D eigenvalue weighted by molar-refractivity contribution is -0.127. The number of Topliss-reactive ketones (excluding diaryl/α,β-unsaturated/α-hetero) is 1. The fraction of sp³-hybridized carbons (Fsp3) is 0.500. The summed E-state index contributed by atoms with van der Waals surface area (Å²) in [5.74, 6) is -2.40. The van der Waals surface area contributed by atoms with Gasteiger partial charge in [-0.25, -0.2) is 14.9 Å². The highest BCUT2D eigenvalue weighted by Crippen LogP contribution is 2.27. The van der Waals surface area contributed by atoms with E-state index in [1.807, 2.05) is 38.1 Å². The first-order chi connectivity index (χ1) is 16.8. The Hall–Kier alpha value is -3.44. The SMILES string of the molecule is CC(C)C[C@H](NC(=O)[C@@H]1CCCC[C@@H]1NC(O)c1cnc2ccccc2n1)C(=O)c1n[nH]c(=O)o1. The Balaban J connectivity index is 1.47. The number of aromatic amines is 1. The van der Waals surface area contributed by atoms with Crippen LogP contribution in [0.3, 0.4) is 0 Å². The van der Waals surface area contributed by atoms with Crippen LogP contribution in [-0.2, 0) is 4.79 Å². The lowest BCUT2D eigenvalue weighted by Gasteiger charge is -2.33. The van der Waals surface area contributed by atoms with E-state index in [1.165, 1.54) is 6.20 Å². The fourth-order valence-electron chi connectivity index (χ4n) is 4.50. The third-order valence-electron chi connectivity index (χ3n) is 6.21. The van der Waals surface area contributed by atoms with Crippen molar-refractivity contribution in [2.75, 3.05) is 0 Å². The molecular weight excluding hydrogens is 452 g/mol. The molecular formula is C24H30N6O5. The number of para-hydroxylation sites is 2. The number of hydrogen-bond donors (Lipinski definition) is 4. The van der Waals surface area contributed by atoms with Crippen LogP contribution in [0.15, 0.2) is 39.7 Å². The molecule has 35 heavy (non-hydrogen) atoms. The van der Waals surface area contributed by atoms with Crippen molar-refractivity contribution in [3.63, 3.8) is 0 Å². The Kier molecular flexibility index (Phi) is 7.67. The predicted molar refractivity (Wildman–Crippen MR) is 126 cm³/mol. The van der Waals surface area contributed by atoms with Crippen LogP contribution in [0.2, 0.25) is 0 Å². The molecule has 0 saturated heterocycles. The lowest BCUT2D eigenvalue weighted by atomic mass is 9.83. The number of nitrogens with one attached hydrogen (secondary N) is 3. The van der Waals surface area contributed by atoms with E-state index in [2.05, 4.69) is 30.8 Å². The van der Waals surface area contributed by atoms with Crippen molar-refractivity contribution in [3.05, 3.63) is 52.6 Å². The summed E-state index contributed by atoms with van der Waals surface area (Å²) in [7, 11) is 0. The van der Waals surface area contributed by atoms with Gasteiger partial charge in [-0.2, -0.15) is 0 Å². The second-order valence-electron chi connectivity index (χ2n) is 9.32. The first-order valence-corrected chi connectivity index (χ1v) is 11.9. The molecule has 0 bridgehead atoms. The van der Waals surface area contributed by atoms with Crippen LogP contribution in [0.25, 0.3) is 11.0 Å². The quantitative estimate of drug-likeness (QED) is 0.263. The number of aromatic nitrogens is 4. The Labute approximate surface area is 201 Å². The molecule has 186 valence electrons. The number of aliphatic hydroxyl groups excluding tert-OH is 1. The maximum Gasteiger partial charge on any atom is 0.434 e. The van der Waals surface area contributed by atoms with Crippen molar-refractivity contribution in [2.45, 2.75) is 64.3 Å². The Morgan fingerprint density at radius 1 is 1.20 bits per heavy atom. The maximum absolute atomic E-state index is 13.3. The third-order valence-corrected chi connectivity index (χ3v) is 6.21. The second kappa shape index (κ2) is 10.9. The molecule has 0 spiro atoms. The lowest BCUT2D eigenvalue weighted by Crippen LogP contribution is -2.51. The number of nitrogens with zero attached hydrogens (tertiary/aromatic N) is 3. The minimum absolute atomic E-state index is 0.100. The Bertz CT molecular complexity index is 1240. The molecule has 1 amide bonds. The van der Waals surface area contributed by atoms with Crippen LogP contribution < -0.4 is 16.4 Å². The number of H-pyrrole nitrogens is 1. The zero-order chi connectivity index (χ0) is 24.9. The maximum atomic E-state index is 13.3. The number of rotatable bonds is 9. The van der Waals surface area contributed by atoms with Gasteiger partial charge in [0.25, 0.3) is 5.89 Å². The molecule has 11 heteroatoms. The van der Waals surface area contributed by atoms with Gasteiger partial charge in [-0.05, 0) is 37.3 Å². The van der Waals surface area contributed by atoms with Gasteiger partial charge < -0.3 is 14.8 Å². The highest BCUT2D eigenvalue weighted by atomic mass is 16.4.